The highest BCUT2D eigenvalue weighted by Crippen LogP contribution is 2.22. The molecule has 3 nitrogen and oxygen atoms in total. The van der Waals surface area contributed by atoms with Gasteiger partial charge in [-0.1, -0.05) is 12.0 Å². The Kier molecular flexibility index (Phi) is 5.03. The summed E-state index contributed by atoms with van der Waals surface area (Å²) in [6, 6.07) is 5.78. The molecule has 0 radical (unpaired) electrons. The van der Waals surface area contributed by atoms with E-state index in [4.69, 9.17) is 6.42 Å². The number of amides is 1. The summed E-state index contributed by atoms with van der Waals surface area (Å²) in [5.41, 5.74) is 1.86. The summed E-state index contributed by atoms with van der Waals surface area (Å²) in [5, 5.41) is 5.62. The number of carbonyl (C=O) groups excluding carboxylic acids is 1. The summed E-state index contributed by atoms with van der Waals surface area (Å²) in [6.45, 7) is 2.58. The van der Waals surface area contributed by atoms with E-state index < -0.39 is 0 Å². The van der Waals surface area contributed by atoms with Crippen molar-refractivity contribution in [3.05, 3.63) is 28.2 Å². The number of halogens is 1. The van der Waals surface area contributed by atoms with Crippen LogP contribution in [-0.4, -0.2) is 19.0 Å². The molecule has 2 N–H and O–H groups in total. The van der Waals surface area contributed by atoms with Gasteiger partial charge >= 0.3 is 0 Å². The molecule has 1 amide bonds. The van der Waals surface area contributed by atoms with E-state index in [-0.39, 0.29) is 12.5 Å². The van der Waals surface area contributed by atoms with Gasteiger partial charge in [-0.3, -0.25) is 10.1 Å². The van der Waals surface area contributed by atoms with Gasteiger partial charge in [0.15, 0.2) is 0 Å². The predicted octanol–water partition coefficient (Wildman–Crippen LogP) is 1.92. The second-order valence-electron chi connectivity index (χ2n) is 3.34. The monoisotopic (exact) mass is 280 g/mol. The zero-order chi connectivity index (χ0) is 12.0. The molecule has 0 aromatic heterocycles. The number of terminal acetylenes is 1. The fourth-order valence-corrected chi connectivity index (χ4v) is 1.52. The third-order valence-electron chi connectivity index (χ3n) is 1.91. The smallest absolute Gasteiger partial charge is 0.238 e. The number of nitrogens with one attached hydrogen (secondary N) is 2. The van der Waals surface area contributed by atoms with E-state index in [0.29, 0.717) is 6.54 Å². The van der Waals surface area contributed by atoms with Crippen LogP contribution < -0.4 is 10.6 Å². The van der Waals surface area contributed by atoms with E-state index >= 15 is 0 Å². The van der Waals surface area contributed by atoms with Gasteiger partial charge in [-0.05, 0) is 40.5 Å². The molecule has 16 heavy (non-hydrogen) atoms. The molecule has 0 saturated heterocycles. The highest BCUT2D eigenvalue weighted by Gasteiger charge is 2.04. The Morgan fingerprint density at radius 1 is 1.56 bits per heavy atom. The zero-order valence-electron chi connectivity index (χ0n) is 9.01. The Morgan fingerprint density at radius 2 is 2.31 bits per heavy atom. The van der Waals surface area contributed by atoms with E-state index in [1.807, 2.05) is 25.1 Å². The second kappa shape index (κ2) is 6.31. The van der Waals surface area contributed by atoms with Gasteiger partial charge in [-0.2, -0.15) is 0 Å². The lowest BCUT2D eigenvalue weighted by Crippen LogP contribution is -2.28. The fourth-order valence-electron chi connectivity index (χ4n) is 1.18. The molecule has 0 saturated carbocycles. The number of hydrogen-bond donors (Lipinski definition) is 2. The molecule has 0 heterocycles. The molecule has 0 aliphatic heterocycles. The van der Waals surface area contributed by atoms with Crippen molar-refractivity contribution in [1.29, 1.82) is 0 Å². The van der Waals surface area contributed by atoms with Crippen molar-refractivity contribution in [3.63, 3.8) is 0 Å². The third-order valence-corrected chi connectivity index (χ3v) is 2.60. The van der Waals surface area contributed by atoms with Crippen molar-refractivity contribution in [2.45, 2.75) is 6.92 Å². The third kappa shape index (κ3) is 4.05. The predicted molar refractivity (Wildman–Crippen MR) is 69.2 cm³/mol. The van der Waals surface area contributed by atoms with Crippen LogP contribution in [0.3, 0.4) is 0 Å². The minimum Gasteiger partial charge on any atom is -0.324 e. The van der Waals surface area contributed by atoms with Crippen LogP contribution in [0.15, 0.2) is 22.7 Å². The fraction of sp³-hybridized carbons (Fsp3) is 0.250. The molecular formula is C12H13BrN2O. The number of carbonyl (C=O) groups is 1. The summed E-state index contributed by atoms with van der Waals surface area (Å²) in [6.07, 6.45) is 5.06. The minimum absolute atomic E-state index is 0.110. The first-order valence-corrected chi connectivity index (χ1v) is 5.63. The normalized spacial score (nSPS) is 9.56. The van der Waals surface area contributed by atoms with Gasteiger partial charge in [0.25, 0.3) is 0 Å². The van der Waals surface area contributed by atoms with Gasteiger partial charge in [-0.15, -0.1) is 6.42 Å². The molecule has 0 aliphatic carbocycles. The molecule has 0 unspecified atom stereocenters. The highest BCUT2D eigenvalue weighted by atomic mass is 79.9. The minimum atomic E-state index is -0.110. The maximum atomic E-state index is 11.5. The van der Waals surface area contributed by atoms with E-state index in [1.54, 1.807) is 0 Å². The summed E-state index contributed by atoms with van der Waals surface area (Å²) >= 11 is 3.37. The summed E-state index contributed by atoms with van der Waals surface area (Å²) in [7, 11) is 0. The first-order chi connectivity index (χ1) is 7.63. The highest BCUT2D eigenvalue weighted by molar-refractivity contribution is 9.10. The number of benzene rings is 1. The first-order valence-electron chi connectivity index (χ1n) is 4.83. The van der Waals surface area contributed by atoms with Crippen LogP contribution >= 0.6 is 15.9 Å². The van der Waals surface area contributed by atoms with Crippen LogP contribution in [0, 0.1) is 19.3 Å². The van der Waals surface area contributed by atoms with Crippen molar-refractivity contribution in [2.24, 2.45) is 0 Å². The van der Waals surface area contributed by atoms with E-state index in [0.717, 1.165) is 15.7 Å². The molecule has 84 valence electrons. The lowest BCUT2D eigenvalue weighted by atomic mass is 10.2. The van der Waals surface area contributed by atoms with Gasteiger partial charge < -0.3 is 5.32 Å². The van der Waals surface area contributed by atoms with Crippen LogP contribution in [0.2, 0.25) is 0 Å². The first kappa shape index (κ1) is 12.8. The van der Waals surface area contributed by atoms with Crippen LogP contribution in [0.1, 0.15) is 5.56 Å². The molecule has 1 rings (SSSR count). The molecule has 1 aromatic rings. The van der Waals surface area contributed by atoms with E-state index in [2.05, 4.69) is 32.5 Å². The standard InChI is InChI=1S/C12H13BrN2O/c1-3-6-14-8-12(16)15-11-7-9(2)4-5-10(11)13/h1,4-5,7,14H,6,8H2,2H3,(H,15,16). The average molecular weight is 281 g/mol. The van der Waals surface area contributed by atoms with Crippen LogP contribution in [0.25, 0.3) is 0 Å². The largest absolute Gasteiger partial charge is 0.324 e. The molecule has 0 fully saturated rings. The molecule has 0 atom stereocenters. The van der Waals surface area contributed by atoms with Crippen LogP contribution in [0.5, 0.6) is 0 Å². The number of aryl methyl sites for hydroxylation is 1. The molecule has 0 aliphatic rings. The number of anilines is 1. The van der Waals surface area contributed by atoms with E-state index in [1.165, 1.54) is 0 Å². The summed E-state index contributed by atoms with van der Waals surface area (Å²) in [5.74, 6) is 2.30. The quantitative estimate of drug-likeness (QED) is 0.654. The lowest BCUT2D eigenvalue weighted by molar-refractivity contribution is -0.115. The van der Waals surface area contributed by atoms with Gasteiger partial charge in [0.05, 0.1) is 18.8 Å². The molecular weight excluding hydrogens is 268 g/mol. The zero-order valence-corrected chi connectivity index (χ0v) is 10.6. The van der Waals surface area contributed by atoms with Crippen molar-refractivity contribution in [3.8, 4) is 12.3 Å². The molecule has 0 bridgehead atoms. The van der Waals surface area contributed by atoms with Gasteiger partial charge in [0.2, 0.25) is 5.91 Å². The summed E-state index contributed by atoms with van der Waals surface area (Å²) in [4.78, 5) is 11.5. The van der Waals surface area contributed by atoms with Crippen molar-refractivity contribution in [2.75, 3.05) is 18.4 Å². The average Bonchev–Trinajstić information content (AvgIpc) is 2.24. The Labute approximate surface area is 104 Å². The maximum absolute atomic E-state index is 11.5. The number of rotatable bonds is 4. The Hall–Kier alpha value is -1.31. The van der Waals surface area contributed by atoms with Gasteiger partial charge in [0.1, 0.15) is 0 Å². The second-order valence-corrected chi connectivity index (χ2v) is 4.19. The Balaban J connectivity index is 2.56. The maximum Gasteiger partial charge on any atom is 0.238 e. The Bertz CT molecular complexity index is 424. The van der Waals surface area contributed by atoms with Crippen molar-refractivity contribution in [1.82, 2.24) is 5.32 Å². The Morgan fingerprint density at radius 3 is 3.00 bits per heavy atom. The van der Waals surface area contributed by atoms with Gasteiger partial charge in [-0.25, -0.2) is 0 Å². The van der Waals surface area contributed by atoms with Crippen LogP contribution in [0.4, 0.5) is 5.69 Å². The lowest BCUT2D eigenvalue weighted by Gasteiger charge is -2.08. The van der Waals surface area contributed by atoms with Crippen molar-refractivity contribution < 1.29 is 4.79 Å². The van der Waals surface area contributed by atoms with E-state index in [9.17, 15) is 4.79 Å². The topological polar surface area (TPSA) is 41.1 Å². The summed E-state index contributed by atoms with van der Waals surface area (Å²) < 4.78 is 0.864. The van der Waals surface area contributed by atoms with Crippen molar-refractivity contribution >= 4 is 27.5 Å². The van der Waals surface area contributed by atoms with Crippen LogP contribution in [-0.2, 0) is 4.79 Å². The molecule has 0 spiro atoms. The number of hydrogen-bond acceptors (Lipinski definition) is 2. The van der Waals surface area contributed by atoms with Gasteiger partial charge in [0, 0.05) is 4.47 Å². The molecule has 1 aromatic carbocycles. The SMILES string of the molecule is C#CCNCC(=O)Nc1cc(C)ccc1Br. The molecule has 4 heteroatoms.